The van der Waals surface area contributed by atoms with Crippen LogP contribution in [0.2, 0.25) is 0 Å². The lowest BCUT2D eigenvalue weighted by Gasteiger charge is -2.40. The molecular weight excluding hydrogens is 458 g/mol. The summed E-state index contributed by atoms with van der Waals surface area (Å²) >= 11 is 0. The van der Waals surface area contributed by atoms with Gasteiger partial charge >= 0.3 is 52.4 Å². The normalized spacial score (nSPS) is 16.1. The lowest BCUT2D eigenvalue weighted by molar-refractivity contribution is -0.433. The van der Waals surface area contributed by atoms with E-state index in [0.717, 1.165) is 0 Å². The quantitative estimate of drug-likeness (QED) is 0.418. The van der Waals surface area contributed by atoms with E-state index in [1.54, 1.807) is 0 Å². The van der Waals surface area contributed by atoms with Gasteiger partial charge in [0.05, 0.1) is 0 Å². The molecule has 0 aliphatic carbocycles. The third kappa shape index (κ3) is 4.03. The molecule has 4 nitrogen and oxygen atoms in total. The first kappa shape index (κ1) is 25.9. The van der Waals surface area contributed by atoms with E-state index in [4.69, 9.17) is 4.55 Å². The molecule has 0 aromatic rings. The average molecular weight is 462 g/mol. The van der Waals surface area contributed by atoms with Gasteiger partial charge in [-0.2, -0.15) is 61.1 Å². The number of hydrogen-bond acceptors (Lipinski definition) is 3. The Hall–Kier alpha value is -1.11. The molecule has 0 heterocycles. The molecular formula is C8H4F14O4S. The maximum absolute atomic E-state index is 13.1. The van der Waals surface area contributed by atoms with Crippen molar-refractivity contribution in [2.45, 2.75) is 42.0 Å². The Balaban J connectivity index is 6.27. The molecule has 19 heteroatoms. The standard InChI is InChI=1S/C8H4F14O4S/c9-2(10)4(13,14)6(17,18)8(21,22)7(19,20)5(15,16)3(11,12)1-26-27(23,24)25/h2H,1H2,(H,23,24,25). The monoisotopic (exact) mass is 462 g/mol. The van der Waals surface area contributed by atoms with E-state index < -0.39 is 59.0 Å². The third-order valence-corrected chi connectivity index (χ3v) is 3.14. The minimum atomic E-state index is -8.22. The molecule has 0 aliphatic rings. The van der Waals surface area contributed by atoms with Gasteiger partial charge in [-0.15, -0.1) is 0 Å². The molecule has 0 spiro atoms. The van der Waals surface area contributed by atoms with Gasteiger partial charge in [-0.1, -0.05) is 0 Å². The molecule has 0 radical (unpaired) electrons. The fourth-order valence-corrected chi connectivity index (χ4v) is 1.51. The van der Waals surface area contributed by atoms with Gasteiger partial charge in [-0.25, -0.2) is 13.0 Å². The van der Waals surface area contributed by atoms with Crippen molar-refractivity contribution in [1.82, 2.24) is 0 Å². The third-order valence-electron chi connectivity index (χ3n) is 2.72. The van der Waals surface area contributed by atoms with Crippen molar-refractivity contribution >= 4 is 10.4 Å². The molecule has 0 fully saturated rings. The van der Waals surface area contributed by atoms with Gasteiger partial charge in [-0.05, 0) is 0 Å². The predicted molar refractivity (Wildman–Crippen MR) is 53.2 cm³/mol. The second-order valence-electron chi connectivity index (χ2n) is 4.62. The van der Waals surface area contributed by atoms with Crippen LogP contribution in [0.5, 0.6) is 0 Å². The molecule has 0 rings (SSSR count). The van der Waals surface area contributed by atoms with Gasteiger partial charge in [-0.3, -0.25) is 4.55 Å². The summed E-state index contributed by atoms with van der Waals surface area (Å²) in [5, 5.41) is 0. The molecule has 27 heavy (non-hydrogen) atoms. The second-order valence-corrected chi connectivity index (χ2v) is 5.71. The molecule has 0 aliphatic heterocycles. The van der Waals surface area contributed by atoms with Crippen LogP contribution in [0.15, 0.2) is 0 Å². The van der Waals surface area contributed by atoms with E-state index in [1.165, 1.54) is 0 Å². The second kappa shape index (κ2) is 6.75. The van der Waals surface area contributed by atoms with Crippen molar-refractivity contribution in [3.8, 4) is 0 Å². The summed E-state index contributed by atoms with van der Waals surface area (Å²) in [4.78, 5) is 0. The summed E-state index contributed by atoms with van der Waals surface area (Å²) in [7, 11) is -6.07. The summed E-state index contributed by atoms with van der Waals surface area (Å²) in [5.41, 5.74) is 0. The highest BCUT2D eigenvalue weighted by Gasteiger charge is 2.91. The highest BCUT2D eigenvalue weighted by molar-refractivity contribution is 7.80. The Morgan fingerprint density at radius 2 is 1.04 bits per heavy atom. The lowest BCUT2D eigenvalue weighted by atomic mass is 9.91. The van der Waals surface area contributed by atoms with Crippen molar-refractivity contribution in [1.29, 1.82) is 0 Å². The van der Waals surface area contributed by atoms with Crippen LogP contribution in [0.1, 0.15) is 0 Å². The molecule has 0 atom stereocenters. The smallest absolute Gasteiger partial charge is 0.264 e. The Labute approximate surface area is 139 Å². The number of halogens is 14. The number of rotatable bonds is 9. The van der Waals surface area contributed by atoms with E-state index in [0.29, 0.717) is 0 Å². The molecule has 164 valence electrons. The van der Waals surface area contributed by atoms with Gasteiger partial charge < -0.3 is 0 Å². The highest BCUT2D eigenvalue weighted by Crippen LogP contribution is 2.60. The SMILES string of the molecule is O=S(=O)(O)OCC(F)(F)C(F)(F)C(F)(F)C(F)(F)C(F)(F)C(F)(F)C(F)F. The summed E-state index contributed by atoms with van der Waals surface area (Å²) < 4.78 is 209. The van der Waals surface area contributed by atoms with E-state index >= 15 is 0 Å². The van der Waals surface area contributed by atoms with Crippen LogP contribution in [0.4, 0.5) is 61.5 Å². The molecule has 0 aromatic carbocycles. The first-order valence-electron chi connectivity index (χ1n) is 5.57. The zero-order chi connectivity index (χ0) is 22.5. The maximum Gasteiger partial charge on any atom is 0.397 e. The van der Waals surface area contributed by atoms with Crippen LogP contribution in [0.25, 0.3) is 0 Å². The van der Waals surface area contributed by atoms with Gasteiger partial charge in [0.2, 0.25) is 0 Å². The van der Waals surface area contributed by atoms with Crippen LogP contribution in [0, 0.1) is 0 Å². The first-order chi connectivity index (χ1) is 11.4. The van der Waals surface area contributed by atoms with Crippen molar-refractivity contribution in [2.24, 2.45) is 0 Å². The summed E-state index contributed by atoms with van der Waals surface area (Å²) in [6.45, 7) is -3.54. The first-order valence-corrected chi connectivity index (χ1v) is 6.93. The Kier molecular flexibility index (Phi) is 6.47. The van der Waals surface area contributed by atoms with Crippen molar-refractivity contribution in [3.63, 3.8) is 0 Å². The van der Waals surface area contributed by atoms with Gasteiger partial charge in [0, 0.05) is 0 Å². The van der Waals surface area contributed by atoms with Crippen LogP contribution in [-0.2, 0) is 14.6 Å². The predicted octanol–water partition coefficient (Wildman–Crippen LogP) is 3.88. The summed E-state index contributed by atoms with van der Waals surface area (Å²) in [5.74, 6) is -46.3. The van der Waals surface area contributed by atoms with Crippen LogP contribution < -0.4 is 0 Å². The van der Waals surface area contributed by atoms with E-state index in [2.05, 4.69) is 4.18 Å². The molecule has 0 saturated heterocycles. The van der Waals surface area contributed by atoms with Gasteiger partial charge in [0.15, 0.2) is 0 Å². The maximum atomic E-state index is 13.1. The van der Waals surface area contributed by atoms with Crippen molar-refractivity contribution in [3.05, 3.63) is 0 Å². The van der Waals surface area contributed by atoms with Crippen LogP contribution in [0.3, 0.4) is 0 Å². The van der Waals surface area contributed by atoms with E-state index in [-0.39, 0.29) is 0 Å². The van der Waals surface area contributed by atoms with Crippen molar-refractivity contribution < 1.29 is 78.6 Å². The van der Waals surface area contributed by atoms with Crippen LogP contribution in [-0.4, -0.2) is 61.5 Å². The molecule has 0 amide bonds. The number of hydrogen-bond donors (Lipinski definition) is 1. The Morgan fingerprint density at radius 1 is 0.704 bits per heavy atom. The zero-order valence-corrected chi connectivity index (χ0v) is 12.5. The van der Waals surface area contributed by atoms with Crippen molar-refractivity contribution in [2.75, 3.05) is 6.61 Å². The molecule has 0 saturated carbocycles. The minimum Gasteiger partial charge on any atom is -0.264 e. The molecule has 0 bridgehead atoms. The molecule has 0 aromatic heterocycles. The largest absolute Gasteiger partial charge is 0.397 e. The highest BCUT2D eigenvalue weighted by atomic mass is 32.3. The lowest BCUT2D eigenvalue weighted by Crippen LogP contribution is -2.72. The fourth-order valence-electron chi connectivity index (χ4n) is 1.21. The van der Waals surface area contributed by atoms with Crippen LogP contribution >= 0.6 is 0 Å². The Morgan fingerprint density at radius 3 is 1.33 bits per heavy atom. The zero-order valence-electron chi connectivity index (χ0n) is 11.7. The fraction of sp³-hybridized carbons (Fsp3) is 1.00. The van der Waals surface area contributed by atoms with Gasteiger partial charge in [0.1, 0.15) is 6.61 Å². The molecule has 0 unspecified atom stereocenters. The topological polar surface area (TPSA) is 63.6 Å². The summed E-state index contributed by atoms with van der Waals surface area (Å²) in [6.07, 6.45) is -5.81. The van der Waals surface area contributed by atoms with Gasteiger partial charge in [0.25, 0.3) is 0 Å². The summed E-state index contributed by atoms with van der Waals surface area (Å²) in [6, 6.07) is 0. The average Bonchev–Trinajstić information content (AvgIpc) is 2.43. The Bertz CT molecular complexity index is 642. The van der Waals surface area contributed by atoms with E-state index in [1.807, 2.05) is 0 Å². The van der Waals surface area contributed by atoms with E-state index in [9.17, 15) is 69.9 Å². The number of alkyl halides is 14. The molecule has 1 N–H and O–H groups in total. The minimum absolute atomic E-state index is 2.54.